The number of likely N-dealkylation sites (tertiary alicyclic amines) is 1. The Morgan fingerprint density at radius 1 is 1.00 bits per heavy atom. The summed E-state index contributed by atoms with van der Waals surface area (Å²) in [7, 11) is -1.94. The van der Waals surface area contributed by atoms with Gasteiger partial charge in [-0.2, -0.15) is 9.57 Å². The van der Waals surface area contributed by atoms with Crippen molar-refractivity contribution in [1.82, 2.24) is 25.0 Å². The van der Waals surface area contributed by atoms with E-state index in [1.165, 1.54) is 56.8 Å². The zero-order valence-corrected chi connectivity index (χ0v) is 30.1. The molecule has 51 heavy (non-hydrogen) atoms. The number of methoxy groups -OCH3 is 2. The third-order valence-corrected chi connectivity index (χ3v) is 11.8. The second kappa shape index (κ2) is 14.7. The molecule has 1 atom stereocenters. The first-order valence-electron chi connectivity index (χ1n) is 17.1. The lowest BCUT2D eigenvalue weighted by molar-refractivity contribution is -0.121. The number of fused-ring (bicyclic) bond motifs is 1. The van der Waals surface area contributed by atoms with Gasteiger partial charge in [-0.25, -0.2) is 18.2 Å². The number of urea groups is 1. The predicted octanol–water partition coefficient (Wildman–Crippen LogP) is 3.16. The van der Waals surface area contributed by atoms with E-state index in [0.717, 1.165) is 32.5 Å². The fraction of sp³-hybridized carbons (Fsp3) is 0.444. The van der Waals surface area contributed by atoms with E-state index < -0.39 is 27.5 Å². The molecule has 0 spiro atoms. The van der Waals surface area contributed by atoms with Crippen LogP contribution >= 0.6 is 0 Å². The van der Waals surface area contributed by atoms with E-state index in [9.17, 15) is 18.5 Å². The van der Waals surface area contributed by atoms with Crippen molar-refractivity contribution in [3.05, 3.63) is 71.4 Å². The number of piperazine rings is 1. The van der Waals surface area contributed by atoms with Crippen LogP contribution in [0.25, 0.3) is 0 Å². The molecule has 1 N–H and O–H groups in total. The van der Waals surface area contributed by atoms with Crippen molar-refractivity contribution in [3.8, 4) is 23.4 Å². The van der Waals surface area contributed by atoms with Gasteiger partial charge in [-0.05, 0) is 81.9 Å². The van der Waals surface area contributed by atoms with Gasteiger partial charge in [0.15, 0.2) is 5.54 Å². The monoisotopic (exact) mass is 717 g/mol. The van der Waals surface area contributed by atoms with E-state index in [4.69, 9.17) is 14.2 Å². The van der Waals surface area contributed by atoms with E-state index in [2.05, 4.69) is 33.1 Å². The third kappa shape index (κ3) is 6.43. The lowest BCUT2D eigenvalue weighted by Gasteiger charge is -2.43. The number of ether oxygens (including phenoxy) is 3. The van der Waals surface area contributed by atoms with Gasteiger partial charge >= 0.3 is 6.03 Å². The molecule has 2 saturated heterocycles. The molecule has 3 aromatic rings. The lowest BCUT2D eigenvalue weighted by Crippen LogP contribution is -2.61. The van der Waals surface area contributed by atoms with Crippen LogP contribution in [0.15, 0.2) is 59.6 Å². The molecule has 2 aromatic carbocycles. The Morgan fingerprint density at radius 3 is 2.39 bits per heavy atom. The van der Waals surface area contributed by atoms with E-state index >= 15 is 4.79 Å². The van der Waals surface area contributed by atoms with Crippen LogP contribution in [0.4, 0.5) is 10.5 Å². The fourth-order valence-electron chi connectivity index (χ4n) is 7.29. The molecule has 0 aliphatic carbocycles. The minimum atomic E-state index is -4.70. The Balaban J connectivity index is 1.43. The predicted molar refractivity (Wildman–Crippen MR) is 188 cm³/mol. The molecule has 2 fully saturated rings. The number of aromatic nitrogens is 1. The van der Waals surface area contributed by atoms with Crippen LogP contribution in [0.1, 0.15) is 43.4 Å². The zero-order chi connectivity index (χ0) is 36.3. The third-order valence-electron chi connectivity index (χ3n) is 10.0. The van der Waals surface area contributed by atoms with Gasteiger partial charge in [0.25, 0.3) is 15.9 Å². The Hall–Kier alpha value is -4.91. The van der Waals surface area contributed by atoms with Crippen molar-refractivity contribution in [2.75, 3.05) is 70.9 Å². The number of amides is 3. The van der Waals surface area contributed by atoms with Gasteiger partial charge in [0, 0.05) is 50.0 Å². The van der Waals surface area contributed by atoms with Gasteiger partial charge in [-0.15, -0.1) is 0 Å². The highest BCUT2D eigenvalue weighted by Crippen LogP contribution is 2.50. The molecule has 3 aliphatic heterocycles. The maximum absolute atomic E-state index is 15.2. The van der Waals surface area contributed by atoms with Crippen LogP contribution in [-0.2, 0) is 20.4 Å². The van der Waals surface area contributed by atoms with Crippen molar-refractivity contribution in [1.29, 1.82) is 5.26 Å². The molecule has 0 unspecified atom stereocenters. The molecule has 6 rings (SSSR count). The number of nitriles is 1. The minimum absolute atomic E-state index is 0.0338. The summed E-state index contributed by atoms with van der Waals surface area (Å²) in [6.45, 7) is 9.37. The molecule has 0 bridgehead atoms. The van der Waals surface area contributed by atoms with Gasteiger partial charge in [-0.3, -0.25) is 9.69 Å². The number of nitrogens with zero attached hydrogens (tertiary/aromatic N) is 6. The summed E-state index contributed by atoms with van der Waals surface area (Å²) >= 11 is 0. The number of sulfonamides is 1. The summed E-state index contributed by atoms with van der Waals surface area (Å²) < 4.78 is 46.5. The Morgan fingerprint density at radius 2 is 1.75 bits per heavy atom. The van der Waals surface area contributed by atoms with Crippen molar-refractivity contribution in [3.63, 3.8) is 0 Å². The number of carbonyl (C=O) groups excluding carboxylic acids is 2. The van der Waals surface area contributed by atoms with Crippen LogP contribution in [0.5, 0.6) is 17.4 Å². The van der Waals surface area contributed by atoms with Gasteiger partial charge in [-0.1, -0.05) is 6.92 Å². The quantitative estimate of drug-likeness (QED) is 0.329. The summed E-state index contributed by atoms with van der Waals surface area (Å²) in [5.41, 5.74) is -1.80. The first kappa shape index (κ1) is 35.9. The van der Waals surface area contributed by atoms with Crippen LogP contribution in [0.3, 0.4) is 0 Å². The van der Waals surface area contributed by atoms with Crippen LogP contribution in [0, 0.1) is 11.3 Å². The lowest BCUT2D eigenvalue weighted by atomic mass is 9.83. The molecule has 4 heterocycles. The second-order valence-electron chi connectivity index (χ2n) is 12.6. The van der Waals surface area contributed by atoms with Gasteiger partial charge < -0.3 is 29.3 Å². The highest BCUT2D eigenvalue weighted by atomic mass is 32.2. The van der Waals surface area contributed by atoms with Crippen molar-refractivity contribution >= 4 is 27.6 Å². The van der Waals surface area contributed by atoms with Crippen LogP contribution < -0.4 is 23.8 Å². The average molecular weight is 718 g/mol. The maximum atomic E-state index is 15.2. The molecule has 15 heteroatoms. The molecule has 3 aliphatic rings. The Kier molecular flexibility index (Phi) is 10.4. The highest BCUT2D eigenvalue weighted by Gasteiger charge is 2.59. The number of anilines is 1. The van der Waals surface area contributed by atoms with Crippen molar-refractivity contribution in [2.45, 2.75) is 43.2 Å². The van der Waals surface area contributed by atoms with E-state index in [1.807, 2.05) is 0 Å². The van der Waals surface area contributed by atoms with E-state index in [0.29, 0.717) is 42.3 Å². The standard InChI is InChI=1S/C36H43N7O7S/c1-5-40-16-13-26(14-17-40)41-18-20-42(21-19-41)35(45)39-36(28-8-7-15-38-33(28)50-6-2)29-22-25(24-37)9-11-30(29)43(34(36)44)51(46,47)32-12-10-27(48-3)23-31(32)49-4/h7-12,15,22-23,26H,5-6,13-14,16-21H2,1-4H3,(H,39,45)/t36-/m1/s1. The molecule has 0 saturated carbocycles. The molecule has 3 amide bonds. The molecule has 0 radical (unpaired) electrons. The number of carbonyl (C=O) groups is 2. The largest absolute Gasteiger partial charge is 0.497 e. The number of benzene rings is 2. The number of pyridine rings is 1. The summed E-state index contributed by atoms with van der Waals surface area (Å²) in [5, 5.41) is 12.9. The summed E-state index contributed by atoms with van der Waals surface area (Å²) in [5.74, 6) is -0.656. The summed E-state index contributed by atoms with van der Waals surface area (Å²) in [4.78, 5) is 40.1. The van der Waals surface area contributed by atoms with Gasteiger partial charge in [0.2, 0.25) is 5.88 Å². The van der Waals surface area contributed by atoms with E-state index in [1.54, 1.807) is 24.0 Å². The second-order valence-corrected chi connectivity index (χ2v) is 14.3. The first-order chi connectivity index (χ1) is 24.6. The smallest absolute Gasteiger partial charge is 0.318 e. The highest BCUT2D eigenvalue weighted by molar-refractivity contribution is 7.93. The number of hydrogen-bond donors (Lipinski definition) is 1. The van der Waals surface area contributed by atoms with E-state index in [-0.39, 0.29) is 45.5 Å². The normalized spacial score (nSPS) is 20.1. The van der Waals surface area contributed by atoms with Crippen LogP contribution in [-0.4, -0.2) is 113 Å². The minimum Gasteiger partial charge on any atom is -0.497 e. The Labute approximate surface area is 298 Å². The topological polar surface area (TPSA) is 158 Å². The van der Waals surface area contributed by atoms with Crippen molar-refractivity contribution in [2.24, 2.45) is 0 Å². The summed E-state index contributed by atoms with van der Waals surface area (Å²) in [6.07, 6.45) is 3.62. The molecular formula is C36H43N7O7S. The number of piperidine rings is 1. The van der Waals surface area contributed by atoms with Crippen LogP contribution in [0.2, 0.25) is 0 Å². The number of hydrogen-bond acceptors (Lipinski definition) is 11. The molecule has 14 nitrogen and oxygen atoms in total. The maximum Gasteiger partial charge on any atom is 0.318 e. The molecule has 1 aromatic heterocycles. The average Bonchev–Trinajstić information content (AvgIpc) is 3.42. The van der Waals surface area contributed by atoms with Crippen molar-refractivity contribution < 1.29 is 32.2 Å². The molecular weight excluding hydrogens is 675 g/mol. The fourth-order valence-corrected chi connectivity index (χ4v) is 8.90. The Bertz CT molecular complexity index is 1940. The SMILES string of the molecule is CCOc1ncccc1[C@]1(NC(=O)N2CCN(C3CCN(CC)CC3)CC2)C(=O)N(S(=O)(=O)c2ccc(OC)cc2OC)c2ccc(C#N)cc21. The number of nitrogens with one attached hydrogen (secondary N) is 1. The summed E-state index contributed by atoms with van der Waals surface area (Å²) in [6, 6.07) is 13.5. The molecule has 270 valence electrons. The zero-order valence-electron chi connectivity index (χ0n) is 29.3. The van der Waals surface area contributed by atoms with Gasteiger partial charge in [0.05, 0.1) is 43.7 Å². The van der Waals surface area contributed by atoms with Gasteiger partial charge in [0.1, 0.15) is 16.4 Å². The number of rotatable bonds is 10. The first-order valence-corrected chi connectivity index (χ1v) is 18.5.